The van der Waals surface area contributed by atoms with Gasteiger partial charge in [-0.05, 0) is 45.4 Å². The summed E-state index contributed by atoms with van der Waals surface area (Å²) in [5, 5.41) is 0. The van der Waals surface area contributed by atoms with E-state index >= 15 is 0 Å². The van der Waals surface area contributed by atoms with Crippen LogP contribution in [-0.2, 0) is 4.79 Å². The van der Waals surface area contributed by atoms with Gasteiger partial charge in [0, 0.05) is 17.0 Å². The fraction of sp³-hybridized carbons (Fsp3) is 0.500. The van der Waals surface area contributed by atoms with E-state index < -0.39 is 0 Å². The van der Waals surface area contributed by atoms with Crippen LogP contribution in [-0.4, -0.2) is 10.8 Å². The number of nitrogens with zero attached hydrogens (tertiary/aromatic N) is 1. The zero-order chi connectivity index (χ0) is 11.5. The summed E-state index contributed by atoms with van der Waals surface area (Å²) in [6.45, 7) is 5.57. The highest BCUT2D eigenvalue weighted by molar-refractivity contribution is 5.94. The molecule has 0 bridgehead atoms. The zero-order valence-electron chi connectivity index (χ0n) is 9.96. The van der Waals surface area contributed by atoms with Crippen molar-refractivity contribution in [3.63, 3.8) is 0 Å². The fourth-order valence-corrected chi connectivity index (χ4v) is 2.35. The van der Waals surface area contributed by atoms with E-state index in [1.165, 1.54) is 24.2 Å². The molecule has 0 aromatic carbocycles. The maximum absolute atomic E-state index is 12.2. The SMILES string of the molecule is C=C(C)C(=O)N(C1=CCCC1)C1=CCCC1. The third-order valence-corrected chi connectivity index (χ3v) is 3.18. The van der Waals surface area contributed by atoms with Crippen LogP contribution in [0.2, 0.25) is 0 Å². The maximum atomic E-state index is 12.2. The number of hydrogen-bond acceptors (Lipinski definition) is 1. The number of allylic oxidation sites excluding steroid dienone is 4. The lowest BCUT2D eigenvalue weighted by atomic mass is 10.2. The van der Waals surface area contributed by atoms with Crippen molar-refractivity contribution in [2.75, 3.05) is 0 Å². The third-order valence-electron chi connectivity index (χ3n) is 3.18. The Morgan fingerprint density at radius 3 is 2.00 bits per heavy atom. The number of hydrogen-bond donors (Lipinski definition) is 0. The Labute approximate surface area is 97.3 Å². The van der Waals surface area contributed by atoms with Gasteiger partial charge in [-0.25, -0.2) is 0 Å². The predicted molar refractivity (Wildman–Crippen MR) is 65.5 cm³/mol. The van der Waals surface area contributed by atoms with Gasteiger partial charge in [0.05, 0.1) is 0 Å². The number of carbonyl (C=O) groups excluding carboxylic acids is 1. The van der Waals surface area contributed by atoms with E-state index in [0.717, 1.165) is 25.7 Å². The Balaban J connectivity index is 2.25. The van der Waals surface area contributed by atoms with Crippen LogP contribution in [0.25, 0.3) is 0 Å². The van der Waals surface area contributed by atoms with Crippen LogP contribution in [0.1, 0.15) is 45.4 Å². The lowest BCUT2D eigenvalue weighted by Crippen LogP contribution is -2.29. The minimum Gasteiger partial charge on any atom is -0.286 e. The highest BCUT2D eigenvalue weighted by atomic mass is 16.2. The monoisotopic (exact) mass is 217 g/mol. The van der Waals surface area contributed by atoms with Crippen LogP contribution in [0.5, 0.6) is 0 Å². The average molecular weight is 217 g/mol. The van der Waals surface area contributed by atoms with Crippen LogP contribution in [0, 0.1) is 0 Å². The highest BCUT2D eigenvalue weighted by Crippen LogP contribution is 2.31. The molecule has 0 atom stereocenters. The van der Waals surface area contributed by atoms with Gasteiger partial charge < -0.3 is 0 Å². The quantitative estimate of drug-likeness (QED) is 0.662. The van der Waals surface area contributed by atoms with Crippen LogP contribution in [0.4, 0.5) is 0 Å². The molecule has 0 radical (unpaired) electrons. The van der Waals surface area contributed by atoms with Crippen molar-refractivity contribution in [2.45, 2.75) is 45.4 Å². The standard InChI is InChI=1S/C14H19NO/c1-11(2)14(16)15(12-7-3-4-8-12)13-9-5-6-10-13/h7,9H,1,3-6,8,10H2,2H3. The van der Waals surface area contributed by atoms with Gasteiger partial charge >= 0.3 is 0 Å². The Morgan fingerprint density at radius 1 is 1.19 bits per heavy atom. The summed E-state index contributed by atoms with van der Waals surface area (Å²) in [6, 6.07) is 0. The van der Waals surface area contributed by atoms with Gasteiger partial charge in [0.2, 0.25) is 0 Å². The van der Waals surface area contributed by atoms with E-state index in [-0.39, 0.29) is 5.91 Å². The first kappa shape index (κ1) is 11.2. The van der Waals surface area contributed by atoms with Gasteiger partial charge in [0.25, 0.3) is 5.91 Å². The molecule has 0 aliphatic heterocycles. The normalized spacial score (nSPS) is 19.3. The Bertz CT molecular complexity index is 349. The summed E-state index contributed by atoms with van der Waals surface area (Å²) >= 11 is 0. The number of amides is 1. The molecule has 2 aliphatic rings. The summed E-state index contributed by atoms with van der Waals surface area (Å²) < 4.78 is 0. The first-order chi connectivity index (χ1) is 7.70. The molecule has 1 amide bonds. The van der Waals surface area contributed by atoms with Crippen molar-refractivity contribution >= 4 is 5.91 Å². The van der Waals surface area contributed by atoms with Crippen molar-refractivity contribution in [2.24, 2.45) is 0 Å². The predicted octanol–water partition coefficient (Wildman–Crippen LogP) is 3.53. The number of rotatable bonds is 3. The molecule has 2 heteroatoms. The van der Waals surface area contributed by atoms with Gasteiger partial charge in [-0.15, -0.1) is 0 Å². The van der Waals surface area contributed by atoms with Crippen LogP contribution in [0.3, 0.4) is 0 Å². The van der Waals surface area contributed by atoms with Crippen LogP contribution < -0.4 is 0 Å². The maximum Gasteiger partial charge on any atom is 0.257 e. The second-order valence-corrected chi connectivity index (χ2v) is 4.60. The van der Waals surface area contributed by atoms with E-state index in [1.54, 1.807) is 6.92 Å². The summed E-state index contributed by atoms with van der Waals surface area (Å²) in [5.41, 5.74) is 2.99. The Morgan fingerprint density at radius 2 is 1.69 bits per heavy atom. The molecule has 16 heavy (non-hydrogen) atoms. The van der Waals surface area contributed by atoms with Crippen LogP contribution in [0.15, 0.2) is 35.7 Å². The van der Waals surface area contributed by atoms with Gasteiger partial charge in [-0.3, -0.25) is 9.69 Å². The van der Waals surface area contributed by atoms with E-state index in [0.29, 0.717) is 5.57 Å². The molecule has 0 heterocycles. The second-order valence-electron chi connectivity index (χ2n) is 4.60. The van der Waals surface area contributed by atoms with E-state index in [4.69, 9.17) is 0 Å². The summed E-state index contributed by atoms with van der Waals surface area (Å²) in [6.07, 6.45) is 11.0. The molecular weight excluding hydrogens is 198 g/mol. The van der Waals surface area contributed by atoms with Crippen molar-refractivity contribution in [3.05, 3.63) is 35.7 Å². The van der Waals surface area contributed by atoms with Gasteiger partial charge in [0.15, 0.2) is 0 Å². The molecule has 2 aliphatic carbocycles. The molecular formula is C14H19NO. The fourth-order valence-electron chi connectivity index (χ4n) is 2.35. The molecule has 0 aromatic heterocycles. The molecule has 0 N–H and O–H groups in total. The van der Waals surface area contributed by atoms with Gasteiger partial charge in [0.1, 0.15) is 0 Å². The smallest absolute Gasteiger partial charge is 0.257 e. The second kappa shape index (κ2) is 4.69. The van der Waals surface area contributed by atoms with Crippen molar-refractivity contribution < 1.29 is 4.79 Å². The topological polar surface area (TPSA) is 20.3 Å². The molecule has 0 saturated carbocycles. The number of carbonyl (C=O) groups is 1. The summed E-state index contributed by atoms with van der Waals surface area (Å²) in [7, 11) is 0. The third kappa shape index (κ3) is 2.11. The first-order valence-corrected chi connectivity index (χ1v) is 6.08. The minimum atomic E-state index is 0.0706. The molecule has 0 aromatic rings. The summed E-state index contributed by atoms with van der Waals surface area (Å²) in [4.78, 5) is 14.1. The molecule has 2 rings (SSSR count). The molecule has 86 valence electrons. The van der Waals surface area contributed by atoms with Crippen LogP contribution >= 0.6 is 0 Å². The lowest BCUT2D eigenvalue weighted by molar-refractivity contribution is -0.123. The van der Waals surface area contributed by atoms with Crippen molar-refractivity contribution in [1.29, 1.82) is 0 Å². The van der Waals surface area contributed by atoms with Gasteiger partial charge in [-0.2, -0.15) is 0 Å². The lowest BCUT2D eigenvalue weighted by Gasteiger charge is -2.25. The molecule has 0 saturated heterocycles. The molecule has 0 unspecified atom stereocenters. The average Bonchev–Trinajstić information content (AvgIpc) is 2.89. The Kier molecular flexibility index (Phi) is 3.28. The van der Waals surface area contributed by atoms with E-state index in [9.17, 15) is 4.79 Å². The van der Waals surface area contributed by atoms with Crippen molar-refractivity contribution in [1.82, 2.24) is 4.90 Å². The first-order valence-electron chi connectivity index (χ1n) is 6.08. The minimum absolute atomic E-state index is 0.0706. The van der Waals surface area contributed by atoms with E-state index in [1.807, 2.05) is 4.90 Å². The van der Waals surface area contributed by atoms with Crippen molar-refractivity contribution in [3.8, 4) is 0 Å². The highest BCUT2D eigenvalue weighted by Gasteiger charge is 2.25. The molecule has 0 fully saturated rings. The zero-order valence-corrected chi connectivity index (χ0v) is 9.96. The molecule has 2 nitrogen and oxygen atoms in total. The Hall–Kier alpha value is -1.31. The van der Waals surface area contributed by atoms with Gasteiger partial charge in [-0.1, -0.05) is 18.7 Å². The van der Waals surface area contributed by atoms with E-state index in [2.05, 4.69) is 18.7 Å². The summed E-state index contributed by atoms with van der Waals surface area (Å²) in [5.74, 6) is 0.0706. The molecule has 0 spiro atoms. The largest absolute Gasteiger partial charge is 0.286 e.